The molecule has 0 bridgehead atoms. The van der Waals surface area contributed by atoms with Gasteiger partial charge < -0.3 is 15.5 Å². The van der Waals surface area contributed by atoms with Crippen molar-refractivity contribution >= 4 is 34.7 Å². The number of carbonyl (C=O) groups excluding carboxylic acids is 2. The predicted octanol–water partition coefficient (Wildman–Crippen LogP) is 5.24. The standard InChI is InChI=1S/C26H28ClN3O2/c1-26(2)13-20-24(22(31)14-26)25(16-7-9-17(27)10-8-16)30(15-23(32)28-18-11-12-18)21-6-4-3-5-19(21)29-20/h3-10,18,25,29H,11-15H2,1-2H3,(H,28,32). The van der Waals surface area contributed by atoms with Gasteiger partial charge in [0.25, 0.3) is 0 Å². The SMILES string of the molecule is CC1(C)CC(=O)C2=C(C1)Nc1ccccc1N(CC(=O)NC1CC1)C2c1ccc(Cl)cc1. The maximum absolute atomic E-state index is 13.6. The molecule has 2 N–H and O–H groups in total. The van der Waals surface area contributed by atoms with Gasteiger partial charge in [-0.25, -0.2) is 0 Å². The minimum Gasteiger partial charge on any atom is -0.357 e. The third kappa shape index (κ3) is 4.14. The molecule has 0 spiro atoms. The molecule has 1 heterocycles. The molecule has 3 aliphatic rings. The zero-order chi connectivity index (χ0) is 22.5. The first kappa shape index (κ1) is 21.1. The molecule has 1 atom stereocenters. The zero-order valence-corrected chi connectivity index (χ0v) is 19.2. The van der Waals surface area contributed by atoms with Crippen LogP contribution in [-0.2, 0) is 9.59 Å². The van der Waals surface area contributed by atoms with Crippen molar-refractivity contribution in [1.82, 2.24) is 5.32 Å². The normalized spacial score (nSPS) is 21.9. The van der Waals surface area contributed by atoms with Gasteiger partial charge in [0.1, 0.15) is 0 Å². The van der Waals surface area contributed by atoms with E-state index in [0.29, 0.717) is 11.4 Å². The van der Waals surface area contributed by atoms with Crippen LogP contribution in [-0.4, -0.2) is 24.3 Å². The fourth-order valence-corrected chi connectivity index (χ4v) is 5.00. The first-order valence-corrected chi connectivity index (χ1v) is 11.6. The van der Waals surface area contributed by atoms with Crippen molar-refractivity contribution in [1.29, 1.82) is 0 Å². The largest absolute Gasteiger partial charge is 0.357 e. The lowest BCUT2D eigenvalue weighted by molar-refractivity contribution is -0.120. The van der Waals surface area contributed by atoms with Gasteiger partial charge in [0, 0.05) is 28.8 Å². The molecule has 166 valence electrons. The van der Waals surface area contributed by atoms with Crippen molar-refractivity contribution in [2.75, 3.05) is 16.8 Å². The highest BCUT2D eigenvalue weighted by Gasteiger charge is 2.42. The molecule has 1 amide bonds. The van der Waals surface area contributed by atoms with Gasteiger partial charge >= 0.3 is 0 Å². The van der Waals surface area contributed by atoms with Crippen LogP contribution in [0.1, 0.15) is 51.1 Å². The first-order valence-electron chi connectivity index (χ1n) is 11.2. The second kappa shape index (κ2) is 7.96. The number of para-hydroxylation sites is 2. The Kier molecular flexibility index (Phi) is 5.25. The van der Waals surface area contributed by atoms with Crippen LogP contribution in [0.25, 0.3) is 0 Å². The molecule has 1 unspecified atom stereocenters. The van der Waals surface area contributed by atoms with Crippen LogP contribution in [0, 0.1) is 5.41 Å². The number of hydrogen-bond donors (Lipinski definition) is 2. The number of nitrogens with zero attached hydrogens (tertiary/aromatic N) is 1. The van der Waals surface area contributed by atoms with Crippen LogP contribution in [0.4, 0.5) is 11.4 Å². The van der Waals surface area contributed by atoms with Gasteiger partial charge in [0.2, 0.25) is 5.91 Å². The summed E-state index contributed by atoms with van der Waals surface area (Å²) in [6.45, 7) is 4.44. The van der Waals surface area contributed by atoms with E-state index in [1.807, 2.05) is 48.5 Å². The summed E-state index contributed by atoms with van der Waals surface area (Å²) in [6.07, 6.45) is 3.32. The monoisotopic (exact) mass is 449 g/mol. The molecule has 1 aliphatic heterocycles. The van der Waals surface area contributed by atoms with Gasteiger partial charge in [0.05, 0.1) is 24.0 Å². The molecule has 5 rings (SSSR count). The zero-order valence-electron chi connectivity index (χ0n) is 18.5. The number of Topliss-reactive ketones (excluding diaryl/α,β-unsaturated/α-hetero) is 1. The second-order valence-corrected chi connectivity index (χ2v) is 10.3. The summed E-state index contributed by atoms with van der Waals surface area (Å²) in [5.74, 6) is 0.109. The van der Waals surface area contributed by atoms with Crippen molar-refractivity contribution in [2.45, 2.75) is 51.6 Å². The molecule has 5 nitrogen and oxygen atoms in total. The molecule has 2 aromatic rings. The lowest BCUT2D eigenvalue weighted by Crippen LogP contribution is -2.42. The minimum absolute atomic E-state index is 0.0195. The third-order valence-corrected chi connectivity index (χ3v) is 6.70. The molecule has 0 saturated heterocycles. The van der Waals surface area contributed by atoms with Gasteiger partial charge in [0.15, 0.2) is 5.78 Å². The Morgan fingerprint density at radius 3 is 2.56 bits per heavy atom. The van der Waals surface area contributed by atoms with Crippen molar-refractivity contribution in [3.05, 3.63) is 70.4 Å². The van der Waals surface area contributed by atoms with Crippen LogP contribution < -0.4 is 15.5 Å². The van der Waals surface area contributed by atoms with E-state index in [9.17, 15) is 9.59 Å². The van der Waals surface area contributed by atoms with Crippen LogP contribution in [0.2, 0.25) is 5.02 Å². The topological polar surface area (TPSA) is 61.4 Å². The summed E-state index contributed by atoms with van der Waals surface area (Å²) >= 11 is 6.18. The molecular weight excluding hydrogens is 422 g/mol. The van der Waals surface area contributed by atoms with Gasteiger partial charge in [-0.15, -0.1) is 0 Å². The number of amides is 1. The van der Waals surface area contributed by atoms with E-state index >= 15 is 0 Å². The van der Waals surface area contributed by atoms with E-state index in [1.165, 1.54) is 0 Å². The summed E-state index contributed by atoms with van der Waals surface area (Å²) in [6, 6.07) is 15.5. The fourth-order valence-electron chi connectivity index (χ4n) is 4.87. The molecule has 2 aliphatic carbocycles. The molecule has 32 heavy (non-hydrogen) atoms. The van der Waals surface area contributed by atoms with E-state index in [4.69, 9.17) is 11.6 Å². The first-order chi connectivity index (χ1) is 15.3. The number of carbonyl (C=O) groups is 2. The van der Waals surface area contributed by atoms with Crippen molar-refractivity contribution < 1.29 is 9.59 Å². The number of hydrogen-bond acceptors (Lipinski definition) is 4. The van der Waals surface area contributed by atoms with Crippen LogP contribution in [0.15, 0.2) is 59.8 Å². The van der Waals surface area contributed by atoms with E-state index in [0.717, 1.165) is 47.5 Å². The van der Waals surface area contributed by atoms with Gasteiger partial charge in [-0.05, 0) is 54.5 Å². The Bertz CT molecular complexity index is 1100. The maximum atomic E-state index is 13.6. The minimum atomic E-state index is -0.369. The van der Waals surface area contributed by atoms with Crippen molar-refractivity contribution in [2.24, 2.45) is 5.41 Å². The molecule has 1 saturated carbocycles. The highest BCUT2D eigenvalue weighted by Crippen LogP contribution is 2.48. The third-order valence-electron chi connectivity index (χ3n) is 6.45. The Labute approximate surface area is 193 Å². The summed E-state index contributed by atoms with van der Waals surface area (Å²) in [4.78, 5) is 28.6. The van der Waals surface area contributed by atoms with E-state index in [-0.39, 0.29) is 35.7 Å². The fraction of sp³-hybridized carbons (Fsp3) is 0.385. The number of halogens is 1. The number of ketones is 1. The van der Waals surface area contributed by atoms with Crippen LogP contribution in [0.5, 0.6) is 0 Å². The average Bonchev–Trinajstić information content (AvgIpc) is 3.54. The van der Waals surface area contributed by atoms with E-state index in [2.05, 4.69) is 29.4 Å². The number of fused-ring (bicyclic) bond motifs is 1. The smallest absolute Gasteiger partial charge is 0.239 e. The second-order valence-electron chi connectivity index (χ2n) is 9.90. The number of anilines is 2. The lowest BCUT2D eigenvalue weighted by atomic mass is 9.73. The van der Waals surface area contributed by atoms with E-state index in [1.54, 1.807) is 0 Å². The van der Waals surface area contributed by atoms with E-state index < -0.39 is 0 Å². The quantitative estimate of drug-likeness (QED) is 0.670. The molecule has 2 aromatic carbocycles. The predicted molar refractivity (Wildman–Crippen MR) is 128 cm³/mol. The maximum Gasteiger partial charge on any atom is 0.239 e. The Hall–Kier alpha value is -2.79. The highest BCUT2D eigenvalue weighted by atomic mass is 35.5. The number of rotatable bonds is 4. The molecule has 0 aromatic heterocycles. The molecule has 0 radical (unpaired) electrons. The van der Waals surface area contributed by atoms with Gasteiger partial charge in [-0.3, -0.25) is 9.59 Å². The Balaban J connectivity index is 1.67. The Morgan fingerprint density at radius 2 is 1.84 bits per heavy atom. The van der Waals surface area contributed by atoms with Crippen molar-refractivity contribution in [3.63, 3.8) is 0 Å². The van der Waals surface area contributed by atoms with Gasteiger partial charge in [-0.1, -0.05) is 49.7 Å². The Morgan fingerprint density at radius 1 is 1.12 bits per heavy atom. The van der Waals surface area contributed by atoms with Crippen LogP contribution >= 0.6 is 11.6 Å². The average molecular weight is 450 g/mol. The number of benzene rings is 2. The van der Waals surface area contributed by atoms with Crippen LogP contribution in [0.3, 0.4) is 0 Å². The van der Waals surface area contributed by atoms with Gasteiger partial charge in [-0.2, -0.15) is 0 Å². The molecule has 1 fully saturated rings. The lowest BCUT2D eigenvalue weighted by Gasteiger charge is -2.37. The summed E-state index contributed by atoms with van der Waals surface area (Å²) in [5, 5.41) is 7.32. The molecule has 6 heteroatoms. The number of nitrogens with one attached hydrogen (secondary N) is 2. The summed E-state index contributed by atoms with van der Waals surface area (Å²) < 4.78 is 0. The number of allylic oxidation sites excluding steroid dienone is 1. The van der Waals surface area contributed by atoms with Crippen molar-refractivity contribution in [3.8, 4) is 0 Å². The summed E-state index contributed by atoms with van der Waals surface area (Å²) in [5.41, 5.74) is 4.36. The molecular formula is C26H28ClN3O2. The highest BCUT2D eigenvalue weighted by molar-refractivity contribution is 6.30. The summed E-state index contributed by atoms with van der Waals surface area (Å²) in [7, 11) is 0.